The molecule has 3 atom stereocenters. The van der Waals surface area contributed by atoms with Crippen LogP contribution in [0.2, 0.25) is 0 Å². The summed E-state index contributed by atoms with van der Waals surface area (Å²) in [6.45, 7) is 2.17. The van der Waals surface area contributed by atoms with Gasteiger partial charge in [-0.2, -0.15) is 0 Å². The van der Waals surface area contributed by atoms with E-state index in [1.807, 2.05) is 6.08 Å². The molecule has 1 aliphatic carbocycles. The van der Waals surface area contributed by atoms with Crippen molar-refractivity contribution in [2.24, 2.45) is 11.8 Å². The van der Waals surface area contributed by atoms with E-state index in [4.69, 9.17) is 9.84 Å². The first-order valence-corrected chi connectivity index (χ1v) is 9.98. The molecule has 0 radical (unpaired) electrons. The molecule has 0 spiro atoms. The number of aliphatic hydroxyl groups is 1. The highest BCUT2D eigenvalue weighted by Gasteiger charge is 2.45. The van der Waals surface area contributed by atoms with E-state index in [2.05, 4.69) is 25.2 Å². The Hall–Kier alpha value is -1.13. The maximum atomic E-state index is 10.5. The van der Waals surface area contributed by atoms with Crippen LogP contribution in [-0.2, 0) is 9.53 Å². The lowest BCUT2D eigenvalue weighted by molar-refractivity contribution is -0.159. The van der Waals surface area contributed by atoms with E-state index < -0.39 is 5.97 Å². The molecule has 0 aromatic heterocycles. The monoisotopic (exact) mass is 350 g/mol. The maximum absolute atomic E-state index is 10.5. The van der Waals surface area contributed by atoms with Crippen LogP contribution in [0.3, 0.4) is 0 Å². The standard InChI is InChI=1S/C21H34O4/c1-2-3-6-9-17(22)12-13-20-19(16-14-18(15-16)25-20)10-7-4-5-8-11-21(23)24/h4,7,12-13,16-20,22H,2-3,5-6,8-11,14-15H2,1H3,(H,23,24)/b7-4+,13-12+. The quantitative estimate of drug-likeness (QED) is 0.402. The molecule has 25 heavy (non-hydrogen) atoms. The minimum Gasteiger partial charge on any atom is -0.481 e. The molecule has 142 valence electrons. The summed E-state index contributed by atoms with van der Waals surface area (Å²) in [6.07, 6.45) is 17.8. The molecule has 4 nitrogen and oxygen atoms in total. The fourth-order valence-corrected chi connectivity index (χ4v) is 3.85. The number of carbonyl (C=O) groups is 1. The van der Waals surface area contributed by atoms with Crippen molar-refractivity contribution >= 4 is 5.97 Å². The highest BCUT2D eigenvalue weighted by atomic mass is 16.5. The van der Waals surface area contributed by atoms with Crippen molar-refractivity contribution in [2.75, 3.05) is 0 Å². The second-order valence-corrected chi connectivity index (χ2v) is 7.56. The molecule has 3 rings (SSSR count). The smallest absolute Gasteiger partial charge is 0.303 e. The summed E-state index contributed by atoms with van der Waals surface area (Å²) in [5.41, 5.74) is 0. The van der Waals surface area contributed by atoms with Gasteiger partial charge in [0.25, 0.3) is 0 Å². The Balaban J connectivity index is 1.76. The molecule has 0 aromatic rings. The van der Waals surface area contributed by atoms with Gasteiger partial charge in [0, 0.05) is 6.42 Å². The van der Waals surface area contributed by atoms with Gasteiger partial charge in [-0.1, -0.05) is 50.5 Å². The van der Waals surface area contributed by atoms with Gasteiger partial charge >= 0.3 is 5.97 Å². The van der Waals surface area contributed by atoms with Crippen LogP contribution in [0.1, 0.15) is 71.1 Å². The molecule has 2 heterocycles. The first kappa shape index (κ1) is 20.2. The van der Waals surface area contributed by atoms with Crippen LogP contribution in [-0.4, -0.2) is 34.5 Å². The number of rotatable bonds is 12. The lowest BCUT2D eigenvalue weighted by Gasteiger charge is -2.50. The lowest BCUT2D eigenvalue weighted by atomic mass is 9.67. The first-order chi connectivity index (χ1) is 12.1. The van der Waals surface area contributed by atoms with Crippen LogP contribution < -0.4 is 0 Å². The maximum Gasteiger partial charge on any atom is 0.303 e. The molecule has 0 aromatic carbocycles. The predicted octanol–water partition coefficient (Wildman–Crippen LogP) is 4.48. The summed E-state index contributed by atoms with van der Waals surface area (Å²) in [4.78, 5) is 10.5. The number of carboxylic acid groups (broad SMARTS) is 1. The highest BCUT2D eigenvalue weighted by molar-refractivity contribution is 5.66. The van der Waals surface area contributed by atoms with Gasteiger partial charge in [0.1, 0.15) is 0 Å². The number of unbranched alkanes of at least 4 members (excludes halogenated alkanes) is 3. The van der Waals surface area contributed by atoms with Crippen molar-refractivity contribution in [2.45, 2.75) is 89.4 Å². The Morgan fingerprint density at radius 2 is 2.04 bits per heavy atom. The zero-order valence-electron chi connectivity index (χ0n) is 15.5. The molecule has 3 aliphatic rings. The molecule has 2 saturated heterocycles. The minimum atomic E-state index is -0.725. The van der Waals surface area contributed by atoms with E-state index in [0.717, 1.165) is 31.6 Å². The van der Waals surface area contributed by atoms with Gasteiger partial charge in [0.2, 0.25) is 0 Å². The van der Waals surface area contributed by atoms with Crippen molar-refractivity contribution < 1.29 is 19.7 Å². The SMILES string of the molecule is CCCCCC(O)/C=C/C1OC2CC(C2)C1C/C=C/CCCC(=O)O. The number of carboxylic acids is 1. The third-order valence-corrected chi connectivity index (χ3v) is 5.47. The number of ether oxygens (including phenoxy) is 1. The fourth-order valence-electron chi connectivity index (χ4n) is 3.85. The van der Waals surface area contributed by atoms with Crippen molar-refractivity contribution in [1.29, 1.82) is 0 Å². The van der Waals surface area contributed by atoms with Crippen LogP contribution in [0, 0.1) is 11.8 Å². The van der Waals surface area contributed by atoms with Gasteiger partial charge in [0.15, 0.2) is 0 Å². The minimum absolute atomic E-state index is 0.113. The van der Waals surface area contributed by atoms with Crippen molar-refractivity contribution in [1.82, 2.24) is 0 Å². The topological polar surface area (TPSA) is 66.8 Å². The summed E-state index contributed by atoms with van der Waals surface area (Å²) in [7, 11) is 0. The van der Waals surface area contributed by atoms with E-state index in [1.165, 1.54) is 25.7 Å². The molecule has 2 bridgehead atoms. The number of aliphatic carboxylic acids is 1. The van der Waals surface area contributed by atoms with Gasteiger partial charge < -0.3 is 14.9 Å². The average Bonchev–Trinajstić information content (AvgIpc) is 2.55. The number of allylic oxidation sites excluding steroid dienone is 2. The molecule has 2 N–H and O–H groups in total. The van der Waals surface area contributed by atoms with Crippen LogP contribution >= 0.6 is 0 Å². The molecule has 1 saturated carbocycles. The number of hydrogen-bond donors (Lipinski definition) is 2. The van der Waals surface area contributed by atoms with Crippen LogP contribution in [0.4, 0.5) is 0 Å². The van der Waals surface area contributed by atoms with Crippen molar-refractivity contribution in [3.63, 3.8) is 0 Å². The Labute approximate surface area is 152 Å². The van der Waals surface area contributed by atoms with Gasteiger partial charge in [-0.25, -0.2) is 0 Å². The second kappa shape index (κ2) is 10.8. The predicted molar refractivity (Wildman–Crippen MR) is 99.4 cm³/mol. The fraction of sp³-hybridized carbons (Fsp3) is 0.762. The van der Waals surface area contributed by atoms with E-state index in [9.17, 15) is 9.90 Å². The molecular weight excluding hydrogens is 316 g/mol. The van der Waals surface area contributed by atoms with Gasteiger partial charge in [0.05, 0.1) is 18.3 Å². The van der Waals surface area contributed by atoms with E-state index in [0.29, 0.717) is 18.4 Å². The highest BCUT2D eigenvalue weighted by Crippen LogP contribution is 2.46. The summed E-state index contributed by atoms with van der Waals surface area (Å²) < 4.78 is 6.14. The molecular formula is C21H34O4. The Bertz CT molecular complexity index is 451. The third kappa shape index (κ3) is 6.95. The Morgan fingerprint density at radius 1 is 1.24 bits per heavy atom. The second-order valence-electron chi connectivity index (χ2n) is 7.56. The number of fused-ring (bicyclic) bond motifs is 2. The largest absolute Gasteiger partial charge is 0.481 e. The Morgan fingerprint density at radius 3 is 2.76 bits per heavy atom. The van der Waals surface area contributed by atoms with E-state index in [-0.39, 0.29) is 18.6 Å². The van der Waals surface area contributed by atoms with Crippen molar-refractivity contribution in [3.8, 4) is 0 Å². The normalized spacial score (nSPS) is 29.8. The first-order valence-electron chi connectivity index (χ1n) is 9.98. The summed E-state index contributed by atoms with van der Waals surface area (Å²) in [5.74, 6) is 0.492. The van der Waals surface area contributed by atoms with Gasteiger partial charge in [-0.05, 0) is 50.4 Å². The molecule has 3 unspecified atom stereocenters. The van der Waals surface area contributed by atoms with E-state index in [1.54, 1.807) is 0 Å². The third-order valence-electron chi connectivity index (χ3n) is 5.47. The Kier molecular flexibility index (Phi) is 8.70. The summed E-state index contributed by atoms with van der Waals surface area (Å²) >= 11 is 0. The number of hydrogen-bond acceptors (Lipinski definition) is 3. The van der Waals surface area contributed by atoms with E-state index >= 15 is 0 Å². The number of aliphatic hydroxyl groups excluding tert-OH is 1. The van der Waals surface area contributed by atoms with Gasteiger partial charge in [-0.3, -0.25) is 4.79 Å². The zero-order chi connectivity index (χ0) is 18.1. The van der Waals surface area contributed by atoms with Gasteiger partial charge in [-0.15, -0.1) is 0 Å². The summed E-state index contributed by atoms with van der Waals surface area (Å²) in [6, 6.07) is 0. The van der Waals surface area contributed by atoms with Crippen LogP contribution in [0.15, 0.2) is 24.3 Å². The molecule has 3 fully saturated rings. The molecule has 4 heteroatoms. The summed E-state index contributed by atoms with van der Waals surface area (Å²) in [5, 5.41) is 18.7. The van der Waals surface area contributed by atoms with Crippen LogP contribution in [0.5, 0.6) is 0 Å². The molecule has 2 aliphatic heterocycles. The lowest BCUT2D eigenvalue weighted by Crippen LogP contribution is -2.49. The zero-order valence-corrected chi connectivity index (χ0v) is 15.5. The van der Waals surface area contributed by atoms with Crippen molar-refractivity contribution in [3.05, 3.63) is 24.3 Å². The van der Waals surface area contributed by atoms with Crippen LogP contribution in [0.25, 0.3) is 0 Å². The molecule has 0 amide bonds. The average molecular weight is 350 g/mol.